The molecule has 2 heterocycles. The van der Waals surface area contributed by atoms with Crippen molar-refractivity contribution in [3.63, 3.8) is 0 Å². The summed E-state index contributed by atoms with van der Waals surface area (Å²) >= 11 is 7.90. The number of hydrogen-bond acceptors (Lipinski definition) is 7. The maximum Gasteiger partial charge on any atom is 0.338 e. The van der Waals surface area contributed by atoms with Gasteiger partial charge in [0.1, 0.15) is 6.61 Å². The molecule has 0 unspecified atom stereocenters. The van der Waals surface area contributed by atoms with Gasteiger partial charge in [0.2, 0.25) is 0 Å². The number of allylic oxidation sites excluding steroid dienone is 1. The van der Waals surface area contributed by atoms with E-state index in [1.165, 1.54) is 16.9 Å². The molecule has 7 nitrogen and oxygen atoms in total. The first-order valence-electron chi connectivity index (χ1n) is 13.5. The quantitative estimate of drug-likeness (QED) is 0.243. The number of aryl methyl sites for hydroxylation is 2. The van der Waals surface area contributed by atoms with E-state index in [2.05, 4.69) is 4.99 Å². The van der Waals surface area contributed by atoms with Crippen molar-refractivity contribution in [3.8, 4) is 11.5 Å². The van der Waals surface area contributed by atoms with E-state index in [9.17, 15) is 9.59 Å². The van der Waals surface area contributed by atoms with Crippen LogP contribution >= 0.6 is 22.9 Å². The highest BCUT2D eigenvalue weighted by Gasteiger charge is 2.33. The third-order valence-corrected chi connectivity index (χ3v) is 8.23. The summed E-state index contributed by atoms with van der Waals surface area (Å²) < 4.78 is 19.0. The number of ether oxygens (including phenoxy) is 3. The summed E-state index contributed by atoms with van der Waals surface area (Å²) in [6, 6.07) is 18.7. The van der Waals surface area contributed by atoms with Crippen LogP contribution in [0.2, 0.25) is 5.02 Å². The Balaban J connectivity index is 1.56. The van der Waals surface area contributed by atoms with Crippen LogP contribution in [0.1, 0.15) is 47.7 Å². The standard InChI is InChI=1S/C33H31ClN2O5S/c1-6-40-32(38)28-21(4)35-33-36(29(28)24-13-9-20(3)10-14-24)31(37)27(42-33)17-23-15-25(34)30(26(16-23)39-5)41-18-22-11-7-19(2)8-12-22/h7-17,29H,6,18H2,1-5H3/b27-17+/t29-/m1/s1. The van der Waals surface area contributed by atoms with Gasteiger partial charge in [0, 0.05) is 0 Å². The van der Waals surface area contributed by atoms with Crippen LogP contribution in [0.4, 0.5) is 0 Å². The lowest BCUT2D eigenvalue weighted by molar-refractivity contribution is -0.139. The largest absolute Gasteiger partial charge is 0.493 e. The van der Waals surface area contributed by atoms with Gasteiger partial charge in [-0.05, 0) is 62.6 Å². The van der Waals surface area contributed by atoms with Gasteiger partial charge in [-0.3, -0.25) is 9.36 Å². The second kappa shape index (κ2) is 12.4. The number of fused-ring (bicyclic) bond motifs is 1. The van der Waals surface area contributed by atoms with Gasteiger partial charge < -0.3 is 14.2 Å². The van der Waals surface area contributed by atoms with Crippen LogP contribution in [-0.2, 0) is 16.1 Å². The van der Waals surface area contributed by atoms with Crippen LogP contribution < -0.4 is 24.4 Å². The van der Waals surface area contributed by atoms with Crippen LogP contribution in [0.25, 0.3) is 6.08 Å². The minimum atomic E-state index is -0.668. The normalized spacial score (nSPS) is 14.8. The maximum atomic E-state index is 13.9. The lowest BCUT2D eigenvalue weighted by atomic mass is 9.95. The SMILES string of the molecule is CCOC(=O)C1=C(C)N=c2s/c(=C/c3cc(Cl)c(OCc4ccc(C)cc4)c(OC)c3)c(=O)n2[C@@H]1c1ccc(C)cc1. The van der Waals surface area contributed by atoms with Crippen LogP contribution in [0.5, 0.6) is 11.5 Å². The van der Waals surface area contributed by atoms with E-state index in [0.29, 0.717) is 49.3 Å². The molecule has 0 N–H and O–H groups in total. The molecule has 0 aliphatic carbocycles. The van der Waals surface area contributed by atoms with E-state index in [-0.39, 0.29) is 12.2 Å². The molecule has 0 bridgehead atoms. The average molecular weight is 603 g/mol. The number of esters is 1. The molecule has 0 spiro atoms. The van der Waals surface area contributed by atoms with Crippen molar-refractivity contribution in [3.05, 3.63) is 124 Å². The van der Waals surface area contributed by atoms with E-state index >= 15 is 0 Å². The number of hydrogen-bond donors (Lipinski definition) is 0. The van der Waals surface area contributed by atoms with Gasteiger partial charge in [-0.15, -0.1) is 0 Å². The first-order chi connectivity index (χ1) is 20.2. The lowest BCUT2D eigenvalue weighted by Gasteiger charge is -2.24. The summed E-state index contributed by atoms with van der Waals surface area (Å²) in [5, 5.41) is 0.360. The molecule has 1 aromatic heterocycles. The summed E-state index contributed by atoms with van der Waals surface area (Å²) in [6.07, 6.45) is 1.75. The van der Waals surface area contributed by atoms with Gasteiger partial charge in [0.05, 0.1) is 40.6 Å². The highest BCUT2D eigenvalue weighted by Crippen LogP contribution is 2.37. The molecular weight excluding hydrogens is 572 g/mol. The molecular formula is C33H31ClN2O5S. The smallest absolute Gasteiger partial charge is 0.338 e. The van der Waals surface area contributed by atoms with Gasteiger partial charge in [-0.25, -0.2) is 9.79 Å². The Bertz CT molecular complexity index is 1850. The van der Waals surface area contributed by atoms with Gasteiger partial charge in [-0.2, -0.15) is 0 Å². The second-order valence-corrected chi connectivity index (χ2v) is 11.4. The third-order valence-electron chi connectivity index (χ3n) is 6.96. The molecule has 0 saturated carbocycles. The molecule has 3 aromatic carbocycles. The van der Waals surface area contributed by atoms with E-state index < -0.39 is 12.0 Å². The number of methoxy groups -OCH3 is 1. The van der Waals surface area contributed by atoms with Crippen LogP contribution in [0, 0.1) is 13.8 Å². The molecule has 0 radical (unpaired) electrons. The molecule has 1 atom stereocenters. The summed E-state index contributed by atoms with van der Waals surface area (Å²) in [5.74, 6) is 0.385. The van der Waals surface area contributed by atoms with E-state index in [1.807, 2.05) is 62.4 Å². The minimum absolute atomic E-state index is 0.216. The molecule has 5 rings (SSSR count). The summed E-state index contributed by atoms with van der Waals surface area (Å²) in [7, 11) is 1.54. The first kappa shape index (κ1) is 29.4. The second-order valence-electron chi connectivity index (χ2n) is 10.0. The fraction of sp³-hybridized carbons (Fsp3) is 0.242. The van der Waals surface area contributed by atoms with Crippen molar-refractivity contribution < 1.29 is 19.0 Å². The van der Waals surface area contributed by atoms with E-state index in [0.717, 1.165) is 16.7 Å². The van der Waals surface area contributed by atoms with E-state index in [1.54, 1.807) is 43.7 Å². The monoisotopic (exact) mass is 602 g/mol. The fourth-order valence-corrected chi connectivity index (χ4v) is 6.13. The summed E-state index contributed by atoms with van der Waals surface area (Å²) in [5.41, 5.74) is 5.30. The van der Waals surface area contributed by atoms with Gasteiger partial charge in [0.25, 0.3) is 5.56 Å². The molecule has 1 aliphatic heterocycles. The maximum absolute atomic E-state index is 13.9. The predicted octanol–water partition coefficient (Wildman–Crippen LogP) is 5.66. The highest BCUT2D eigenvalue weighted by atomic mass is 35.5. The van der Waals surface area contributed by atoms with Gasteiger partial charge in [0.15, 0.2) is 16.3 Å². The number of thiazole rings is 1. The van der Waals surface area contributed by atoms with Crippen LogP contribution in [0.15, 0.2) is 81.7 Å². The predicted molar refractivity (Wildman–Crippen MR) is 165 cm³/mol. The van der Waals surface area contributed by atoms with Gasteiger partial charge >= 0.3 is 5.97 Å². The Labute approximate surface area is 253 Å². The molecule has 0 saturated heterocycles. The van der Waals surface area contributed by atoms with Crippen molar-refractivity contribution in [1.82, 2.24) is 4.57 Å². The highest BCUT2D eigenvalue weighted by molar-refractivity contribution is 7.07. The molecule has 216 valence electrons. The topological polar surface area (TPSA) is 79.1 Å². The Morgan fingerprint density at radius 1 is 1.05 bits per heavy atom. The van der Waals surface area contributed by atoms with E-state index in [4.69, 9.17) is 25.8 Å². The van der Waals surface area contributed by atoms with Crippen molar-refractivity contribution >= 4 is 35.0 Å². The zero-order valence-corrected chi connectivity index (χ0v) is 25.6. The number of carbonyl (C=O) groups is 1. The average Bonchev–Trinajstić information content (AvgIpc) is 3.26. The molecule has 9 heteroatoms. The first-order valence-corrected chi connectivity index (χ1v) is 14.7. The molecule has 0 amide bonds. The number of halogens is 1. The van der Waals surface area contributed by atoms with Gasteiger partial charge in [-0.1, -0.05) is 82.6 Å². The van der Waals surface area contributed by atoms with Crippen LogP contribution in [-0.4, -0.2) is 24.3 Å². The molecule has 1 aliphatic rings. The number of aromatic nitrogens is 1. The van der Waals surface area contributed by atoms with Crippen molar-refractivity contribution in [2.45, 2.75) is 40.3 Å². The number of rotatable bonds is 8. The number of nitrogens with zero attached hydrogens (tertiary/aromatic N) is 2. The zero-order chi connectivity index (χ0) is 30.0. The Morgan fingerprint density at radius 3 is 2.36 bits per heavy atom. The molecule has 0 fully saturated rings. The molecule has 42 heavy (non-hydrogen) atoms. The number of carbonyl (C=O) groups excluding carboxylic acids is 1. The lowest BCUT2D eigenvalue weighted by Crippen LogP contribution is -2.39. The van der Waals surface area contributed by atoms with Crippen molar-refractivity contribution in [1.29, 1.82) is 0 Å². The third kappa shape index (κ3) is 5.91. The molecule has 4 aromatic rings. The minimum Gasteiger partial charge on any atom is -0.493 e. The number of benzene rings is 3. The van der Waals surface area contributed by atoms with Crippen LogP contribution in [0.3, 0.4) is 0 Å². The zero-order valence-electron chi connectivity index (χ0n) is 24.1. The Kier molecular flexibility index (Phi) is 8.66. The summed E-state index contributed by atoms with van der Waals surface area (Å²) in [6.45, 7) is 8.08. The van der Waals surface area contributed by atoms with Crippen molar-refractivity contribution in [2.75, 3.05) is 13.7 Å². The summed E-state index contributed by atoms with van der Waals surface area (Å²) in [4.78, 5) is 32.1. The fourth-order valence-electron chi connectivity index (χ4n) is 4.81. The Hall–Kier alpha value is -4.14. The Morgan fingerprint density at radius 2 is 1.71 bits per heavy atom. The van der Waals surface area contributed by atoms with Crippen molar-refractivity contribution in [2.24, 2.45) is 4.99 Å².